The van der Waals surface area contributed by atoms with Crippen molar-refractivity contribution < 1.29 is 27.9 Å². The van der Waals surface area contributed by atoms with Gasteiger partial charge in [-0.1, -0.05) is 6.92 Å². The third kappa shape index (κ3) is 4.15. The Balaban J connectivity index is 2.71. The van der Waals surface area contributed by atoms with Gasteiger partial charge in [-0.25, -0.2) is 18.0 Å². The number of urea groups is 1. The van der Waals surface area contributed by atoms with Gasteiger partial charge >= 0.3 is 12.0 Å². The van der Waals surface area contributed by atoms with Crippen molar-refractivity contribution in [2.24, 2.45) is 0 Å². The summed E-state index contributed by atoms with van der Waals surface area (Å²) in [6.07, 6.45) is 0.0458. The van der Waals surface area contributed by atoms with E-state index < -0.39 is 41.2 Å². The molecule has 5 nitrogen and oxygen atoms in total. The van der Waals surface area contributed by atoms with Crippen molar-refractivity contribution >= 4 is 17.7 Å². The summed E-state index contributed by atoms with van der Waals surface area (Å²) < 4.78 is 38.9. The van der Waals surface area contributed by atoms with Crippen molar-refractivity contribution in [3.8, 4) is 0 Å². The number of carbonyl (C=O) groups is 2. The first-order chi connectivity index (χ1) is 9.35. The molecule has 1 rings (SSSR count). The molecule has 20 heavy (non-hydrogen) atoms. The molecule has 0 aliphatic heterocycles. The maximum absolute atomic E-state index is 13.3. The van der Waals surface area contributed by atoms with Gasteiger partial charge in [0.1, 0.15) is 0 Å². The largest absolute Gasteiger partial charge is 0.481 e. The minimum Gasteiger partial charge on any atom is -0.481 e. The number of carboxylic acids is 1. The molecular formula is C12H13F3N2O3. The van der Waals surface area contributed by atoms with Gasteiger partial charge in [-0.3, -0.25) is 4.79 Å². The maximum Gasteiger partial charge on any atom is 0.319 e. The molecule has 0 aromatic heterocycles. The van der Waals surface area contributed by atoms with Crippen LogP contribution in [0.5, 0.6) is 0 Å². The van der Waals surface area contributed by atoms with E-state index >= 15 is 0 Å². The molecule has 3 N–H and O–H groups in total. The minimum absolute atomic E-state index is 0.301. The number of aliphatic carboxylic acids is 1. The average molecular weight is 290 g/mol. The zero-order chi connectivity index (χ0) is 15.3. The van der Waals surface area contributed by atoms with Crippen LogP contribution in [0, 0.1) is 17.5 Å². The van der Waals surface area contributed by atoms with Gasteiger partial charge < -0.3 is 15.7 Å². The number of carbonyl (C=O) groups excluding carboxylic acids is 1. The van der Waals surface area contributed by atoms with Gasteiger partial charge in [-0.15, -0.1) is 0 Å². The Kier molecular flexibility index (Phi) is 5.36. The van der Waals surface area contributed by atoms with E-state index in [1.54, 1.807) is 6.92 Å². The van der Waals surface area contributed by atoms with Crippen LogP contribution in [0.25, 0.3) is 0 Å². The maximum atomic E-state index is 13.3. The van der Waals surface area contributed by atoms with Gasteiger partial charge in [0, 0.05) is 6.04 Å². The highest BCUT2D eigenvalue weighted by Crippen LogP contribution is 2.19. The number of benzene rings is 1. The summed E-state index contributed by atoms with van der Waals surface area (Å²) in [7, 11) is 0. The predicted octanol–water partition coefficient (Wildman–Crippen LogP) is 2.48. The molecule has 110 valence electrons. The lowest BCUT2D eigenvalue weighted by Gasteiger charge is -2.15. The fraction of sp³-hybridized carbons (Fsp3) is 0.333. The minimum atomic E-state index is -1.69. The molecule has 8 heteroatoms. The number of anilines is 1. The fourth-order valence-electron chi connectivity index (χ4n) is 1.47. The lowest BCUT2D eigenvalue weighted by atomic mass is 10.1. The van der Waals surface area contributed by atoms with Crippen LogP contribution in [-0.2, 0) is 4.79 Å². The van der Waals surface area contributed by atoms with E-state index in [2.05, 4.69) is 5.32 Å². The average Bonchev–Trinajstić information content (AvgIpc) is 2.38. The SMILES string of the molecule is CCC(CC(=O)O)NC(=O)Nc1ccc(F)c(F)c1F. The Morgan fingerprint density at radius 2 is 1.90 bits per heavy atom. The highest BCUT2D eigenvalue weighted by Gasteiger charge is 2.17. The van der Waals surface area contributed by atoms with E-state index in [1.165, 1.54) is 0 Å². The highest BCUT2D eigenvalue weighted by atomic mass is 19.2. The molecule has 1 atom stereocenters. The number of rotatable bonds is 5. The molecule has 1 aromatic rings. The lowest BCUT2D eigenvalue weighted by Crippen LogP contribution is -2.39. The molecule has 0 fully saturated rings. The van der Waals surface area contributed by atoms with Crippen LogP contribution in [0.3, 0.4) is 0 Å². The molecule has 0 saturated carbocycles. The highest BCUT2D eigenvalue weighted by molar-refractivity contribution is 5.89. The molecule has 2 amide bonds. The van der Waals surface area contributed by atoms with E-state index in [0.29, 0.717) is 12.5 Å². The van der Waals surface area contributed by atoms with Crippen molar-refractivity contribution in [3.63, 3.8) is 0 Å². The number of carboxylic acid groups (broad SMARTS) is 1. The van der Waals surface area contributed by atoms with Crippen molar-refractivity contribution in [2.45, 2.75) is 25.8 Å². The smallest absolute Gasteiger partial charge is 0.319 e. The van der Waals surface area contributed by atoms with Crippen molar-refractivity contribution in [2.75, 3.05) is 5.32 Å². The van der Waals surface area contributed by atoms with Crippen LogP contribution in [0.2, 0.25) is 0 Å². The first-order valence-corrected chi connectivity index (χ1v) is 5.78. The molecule has 0 heterocycles. The number of nitrogens with one attached hydrogen (secondary N) is 2. The van der Waals surface area contributed by atoms with Crippen molar-refractivity contribution in [1.82, 2.24) is 5.32 Å². The Labute approximate surface area is 112 Å². The zero-order valence-corrected chi connectivity index (χ0v) is 10.5. The van der Waals surface area contributed by atoms with Gasteiger partial charge in [0.25, 0.3) is 0 Å². The van der Waals surface area contributed by atoms with Crippen LogP contribution >= 0.6 is 0 Å². The molecule has 0 aliphatic carbocycles. The lowest BCUT2D eigenvalue weighted by molar-refractivity contribution is -0.137. The summed E-state index contributed by atoms with van der Waals surface area (Å²) >= 11 is 0. The fourth-order valence-corrected chi connectivity index (χ4v) is 1.47. The number of amides is 2. The third-order valence-electron chi connectivity index (χ3n) is 2.53. The number of hydrogen-bond donors (Lipinski definition) is 3. The molecule has 0 saturated heterocycles. The molecule has 0 spiro atoms. The molecule has 0 bridgehead atoms. The summed E-state index contributed by atoms with van der Waals surface area (Å²) in [4.78, 5) is 22.0. The summed E-state index contributed by atoms with van der Waals surface area (Å²) in [5, 5.41) is 12.9. The summed E-state index contributed by atoms with van der Waals surface area (Å²) in [6.45, 7) is 1.66. The van der Waals surface area contributed by atoms with Crippen LogP contribution in [0.15, 0.2) is 12.1 Å². The topological polar surface area (TPSA) is 78.4 Å². The summed E-state index contributed by atoms with van der Waals surface area (Å²) in [5.74, 6) is -5.69. The Morgan fingerprint density at radius 1 is 1.25 bits per heavy atom. The molecular weight excluding hydrogens is 277 g/mol. The molecule has 0 aliphatic rings. The van der Waals surface area contributed by atoms with Gasteiger partial charge in [0.15, 0.2) is 17.5 Å². The molecule has 1 unspecified atom stereocenters. The normalized spacial score (nSPS) is 11.8. The standard InChI is InChI=1S/C12H13F3N2O3/c1-2-6(5-9(18)19)16-12(20)17-8-4-3-7(13)10(14)11(8)15/h3-4,6H,2,5H2,1H3,(H,18,19)(H2,16,17,20). The summed E-state index contributed by atoms with van der Waals surface area (Å²) in [6, 6.07) is -0.0162. The van der Waals surface area contributed by atoms with E-state index in [0.717, 1.165) is 6.07 Å². The first kappa shape index (κ1) is 15.8. The second kappa shape index (κ2) is 6.78. The van der Waals surface area contributed by atoms with Crippen LogP contribution < -0.4 is 10.6 Å². The van der Waals surface area contributed by atoms with E-state index in [-0.39, 0.29) is 6.42 Å². The predicted molar refractivity (Wildman–Crippen MR) is 64.8 cm³/mol. The second-order valence-corrected chi connectivity index (χ2v) is 4.02. The van der Waals surface area contributed by atoms with Gasteiger partial charge in [-0.2, -0.15) is 0 Å². The Bertz CT molecular complexity index is 523. The van der Waals surface area contributed by atoms with Gasteiger partial charge in [0.2, 0.25) is 0 Å². The van der Waals surface area contributed by atoms with Crippen molar-refractivity contribution in [1.29, 1.82) is 0 Å². The molecule has 1 aromatic carbocycles. The third-order valence-corrected chi connectivity index (χ3v) is 2.53. The van der Waals surface area contributed by atoms with Gasteiger partial charge in [-0.05, 0) is 18.6 Å². The second-order valence-electron chi connectivity index (χ2n) is 4.02. The van der Waals surface area contributed by atoms with Crippen LogP contribution in [0.1, 0.15) is 19.8 Å². The molecule has 0 radical (unpaired) electrons. The van der Waals surface area contributed by atoms with Crippen LogP contribution in [0.4, 0.5) is 23.7 Å². The first-order valence-electron chi connectivity index (χ1n) is 5.78. The van der Waals surface area contributed by atoms with Crippen LogP contribution in [-0.4, -0.2) is 23.1 Å². The zero-order valence-electron chi connectivity index (χ0n) is 10.5. The Morgan fingerprint density at radius 3 is 2.45 bits per heavy atom. The van der Waals surface area contributed by atoms with E-state index in [4.69, 9.17) is 5.11 Å². The monoisotopic (exact) mass is 290 g/mol. The number of halogens is 3. The van der Waals surface area contributed by atoms with Crippen molar-refractivity contribution in [3.05, 3.63) is 29.6 Å². The summed E-state index contributed by atoms with van der Waals surface area (Å²) in [5.41, 5.74) is -0.536. The quantitative estimate of drug-likeness (QED) is 0.729. The van der Waals surface area contributed by atoms with Gasteiger partial charge in [0.05, 0.1) is 12.1 Å². The van der Waals surface area contributed by atoms with E-state index in [1.807, 2.05) is 5.32 Å². The Hall–Kier alpha value is -2.25. The number of hydrogen-bond acceptors (Lipinski definition) is 2. The van der Waals surface area contributed by atoms with E-state index in [9.17, 15) is 22.8 Å².